The summed E-state index contributed by atoms with van der Waals surface area (Å²) in [7, 11) is -4.34. The molecule has 0 radical (unpaired) electrons. The second kappa shape index (κ2) is 7.04. The topological polar surface area (TPSA) is 73.6 Å². The van der Waals surface area contributed by atoms with Crippen LogP contribution in [-0.2, 0) is 16.3 Å². The summed E-state index contributed by atoms with van der Waals surface area (Å²) in [5.74, 6) is -0.137. The normalized spacial score (nSPS) is 11.8. The minimum Gasteiger partial charge on any atom is -0.423 e. The molecule has 0 unspecified atom stereocenters. The van der Waals surface area contributed by atoms with Gasteiger partial charge in [-0.3, -0.25) is 0 Å². The van der Waals surface area contributed by atoms with Crippen molar-refractivity contribution in [1.82, 2.24) is 0 Å². The van der Waals surface area contributed by atoms with Crippen LogP contribution in [0.25, 0.3) is 11.0 Å². The van der Waals surface area contributed by atoms with Crippen molar-refractivity contribution < 1.29 is 30.2 Å². The second-order valence-corrected chi connectivity index (χ2v) is 6.56. The van der Waals surface area contributed by atoms with Gasteiger partial charge in [-0.1, -0.05) is 0 Å². The van der Waals surface area contributed by atoms with Crippen molar-refractivity contribution in [2.75, 3.05) is 0 Å². The molecule has 1 heterocycles. The number of hydrogen-bond donors (Lipinski definition) is 0. The van der Waals surface area contributed by atoms with E-state index in [9.17, 15) is 26.4 Å². The molecular weight excluding hydrogens is 393 g/mol. The molecule has 0 saturated carbocycles. The Morgan fingerprint density at radius 3 is 2.15 bits per heavy atom. The summed E-state index contributed by atoms with van der Waals surface area (Å²) in [6.45, 7) is 0. The fourth-order valence-electron chi connectivity index (χ4n) is 2.08. The third kappa shape index (κ3) is 4.20. The largest absolute Gasteiger partial charge is 0.423 e. The maximum Gasteiger partial charge on any atom is 0.416 e. The first-order chi connectivity index (χ1) is 11.6. The summed E-state index contributed by atoms with van der Waals surface area (Å²) in [4.78, 5) is 10.8. The van der Waals surface area contributed by atoms with Gasteiger partial charge in [0.2, 0.25) is 0 Å². The van der Waals surface area contributed by atoms with Crippen LogP contribution >= 0.6 is 13.5 Å². The molecule has 2 aromatic carbocycles. The summed E-state index contributed by atoms with van der Waals surface area (Å²) in [6, 6.07) is 9.64. The Hall–Kier alpha value is -2.46. The van der Waals surface area contributed by atoms with E-state index in [0.717, 1.165) is 12.1 Å². The Labute approximate surface area is 152 Å². The van der Waals surface area contributed by atoms with Crippen LogP contribution in [0.5, 0.6) is 5.75 Å². The second-order valence-electron chi connectivity index (χ2n) is 5.01. The number of benzene rings is 2. The number of halogens is 3. The molecule has 138 valence electrons. The predicted molar refractivity (Wildman–Crippen MR) is 92.1 cm³/mol. The van der Waals surface area contributed by atoms with Crippen molar-refractivity contribution in [3.63, 3.8) is 0 Å². The highest BCUT2D eigenvalue weighted by molar-refractivity contribution is 7.87. The minimum absolute atomic E-state index is 0. The van der Waals surface area contributed by atoms with Crippen LogP contribution in [0.1, 0.15) is 5.56 Å². The van der Waals surface area contributed by atoms with Crippen molar-refractivity contribution in [1.29, 1.82) is 0 Å². The predicted octanol–water partition coefficient (Wildman–Crippen LogP) is 3.69. The lowest BCUT2D eigenvalue weighted by Crippen LogP contribution is -2.11. The number of hydrogen-bond acceptors (Lipinski definition) is 5. The highest BCUT2D eigenvalue weighted by Gasteiger charge is 2.30. The van der Waals surface area contributed by atoms with Crippen molar-refractivity contribution in [3.05, 3.63) is 70.6 Å². The van der Waals surface area contributed by atoms with Gasteiger partial charge in [-0.15, -0.1) is 0 Å². The van der Waals surface area contributed by atoms with Gasteiger partial charge < -0.3 is 8.60 Å². The van der Waals surface area contributed by atoms with Gasteiger partial charge in [0.1, 0.15) is 16.2 Å². The van der Waals surface area contributed by atoms with Crippen LogP contribution in [0.15, 0.2) is 68.7 Å². The molecule has 3 rings (SSSR count). The highest BCUT2D eigenvalue weighted by atomic mass is 32.2. The Balaban J connectivity index is 0.00000243. The van der Waals surface area contributed by atoms with E-state index >= 15 is 0 Å². The molecule has 26 heavy (non-hydrogen) atoms. The van der Waals surface area contributed by atoms with E-state index in [1.54, 1.807) is 0 Å². The molecule has 0 aliphatic rings. The Bertz CT molecular complexity index is 1090. The maximum absolute atomic E-state index is 12.5. The van der Waals surface area contributed by atoms with Gasteiger partial charge in [0, 0.05) is 17.5 Å². The number of rotatable bonds is 3. The molecule has 0 atom stereocenters. The SMILES string of the molecule is O=c1ccc2ccc(OS(=O)(=O)c3ccc(C(F)(F)F)cc3)cc2o1.S. The van der Waals surface area contributed by atoms with Crippen molar-refractivity contribution in [3.8, 4) is 5.75 Å². The average molecular weight is 404 g/mol. The molecule has 0 N–H and O–H groups in total. The van der Waals surface area contributed by atoms with E-state index in [0.29, 0.717) is 17.5 Å². The van der Waals surface area contributed by atoms with Crippen LogP contribution in [0, 0.1) is 0 Å². The van der Waals surface area contributed by atoms with Gasteiger partial charge in [-0.25, -0.2) is 4.79 Å². The monoisotopic (exact) mass is 404 g/mol. The van der Waals surface area contributed by atoms with Gasteiger partial charge in [-0.2, -0.15) is 35.1 Å². The lowest BCUT2D eigenvalue weighted by atomic mass is 10.2. The van der Waals surface area contributed by atoms with Crippen LogP contribution in [0.3, 0.4) is 0 Å². The van der Waals surface area contributed by atoms with E-state index in [1.165, 1.54) is 30.3 Å². The Kier molecular flexibility index (Phi) is 5.38. The molecule has 0 saturated heterocycles. The molecule has 0 spiro atoms. The first kappa shape index (κ1) is 19.9. The minimum atomic E-state index is -4.57. The van der Waals surface area contributed by atoms with Crippen LogP contribution in [0.2, 0.25) is 0 Å². The Morgan fingerprint density at radius 1 is 0.923 bits per heavy atom. The van der Waals surface area contributed by atoms with Crippen molar-refractivity contribution >= 4 is 34.6 Å². The lowest BCUT2D eigenvalue weighted by Gasteiger charge is -2.09. The summed E-state index contributed by atoms with van der Waals surface area (Å²) < 4.78 is 71.7. The zero-order valence-electron chi connectivity index (χ0n) is 12.8. The zero-order valence-corrected chi connectivity index (χ0v) is 14.6. The zero-order chi connectivity index (χ0) is 18.2. The fraction of sp³-hybridized carbons (Fsp3) is 0.0625. The van der Waals surface area contributed by atoms with E-state index in [4.69, 9.17) is 8.60 Å². The molecular formula is C16H11F3O5S2. The Morgan fingerprint density at radius 2 is 1.54 bits per heavy atom. The average Bonchev–Trinajstić information content (AvgIpc) is 2.53. The number of alkyl halides is 3. The molecule has 0 amide bonds. The van der Waals surface area contributed by atoms with Crippen LogP contribution in [0.4, 0.5) is 13.2 Å². The van der Waals surface area contributed by atoms with Crippen LogP contribution in [-0.4, -0.2) is 8.42 Å². The van der Waals surface area contributed by atoms with E-state index < -0.39 is 32.4 Å². The smallest absolute Gasteiger partial charge is 0.416 e. The first-order valence-corrected chi connectivity index (χ1v) is 8.22. The standard InChI is InChI=1S/C16H9F3O5S.H2S/c17-16(18,19)11-3-6-13(7-4-11)25(21,22)24-12-5-1-10-2-8-15(20)23-14(10)9-12;/h1-9H;1H2. The molecule has 1 aromatic heterocycles. The van der Waals surface area contributed by atoms with Gasteiger partial charge in [0.25, 0.3) is 0 Å². The molecule has 0 bridgehead atoms. The van der Waals surface area contributed by atoms with Gasteiger partial charge in [-0.05, 0) is 42.5 Å². The van der Waals surface area contributed by atoms with E-state index in [2.05, 4.69) is 0 Å². The lowest BCUT2D eigenvalue weighted by molar-refractivity contribution is -0.137. The summed E-state index contributed by atoms with van der Waals surface area (Å²) >= 11 is 0. The molecule has 10 heteroatoms. The van der Waals surface area contributed by atoms with Crippen LogP contribution < -0.4 is 9.81 Å². The van der Waals surface area contributed by atoms with Gasteiger partial charge >= 0.3 is 21.9 Å². The maximum atomic E-state index is 12.5. The van der Waals surface area contributed by atoms with E-state index in [1.807, 2.05) is 0 Å². The van der Waals surface area contributed by atoms with Gasteiger partial charge in [0.15, 0.2) is 0 Å². The summed E-state index contributed by atoms with van der Waals surface area (Å²) in [5, 5.41) is 0.555. The molecule has 0 fully saturated rings. The third-order valence-corrected chi connectivity index (χ3v) is 4.53. The molecule has 3 aromatic rings. The number of fused-ring (bicyclic) bond motifs is 1. The van der Waals surface area contributed by atoms with Gasteiger partial charge in [0.05, 0.1) is 5.56 Å². The quantitative estimate of drug-likeness (QED) is 0.492. The fourth-order valence-corrected chi connectivity index (χ4v) is 3.00. The van der Waals surface area contributed by atoms with Crippen molar-refractivity contribution in [2.24, 2.45) is 0 Å². The van der Waals surface area contributed by atoms with E-state index in [-0.39, 0.29) is 24.8 Å². The summed E-state index contributed by atoms with van der Waals surface area (Å²) in [6.07, 6.45) is -4.57. The molecule has 0 aliphatic heterocycles. The third-order valence-electron chi connectivity index (χ3n) is 3.27. The molecule has 5 nitrogen and oxygen atoms in total. The van der Waals surface area contributed by atoms with Crippen molar-refractivity contribution in [2.45, 2.75) is 11.1 Å². The highest BCUT2D eigenvalue weighted by Crippen LogP contribution is 2.30. The summed E-state index contributed by atoms with van der Waals surface area (Å²) in [5.41, 5.74) is -1.47. The molecule has 0 aliphatic carbocycles. The first-order valence-electron chi connectivity index (χ1n) is 6.81.